The van der Waals surface area contributed by atoms with Crippen LogP contribution >= 0.6 is 0 Å². The van der Waals surface area contributed by atoms with Gasteiger partial charge in [0.2, 0.25) is 11.0 Å². The highest BCUT2D eigenvalue weighted by molar-refractivity contribution is 6.16. The predicted octanol–water partition coefficient (Wildman–Crippen LogP) is 4.82. The molecule has 5 heteroatoms. The second-order valence-electron chi connectivity index (χ2n) is 8.99. The van der Waals surface area contributed by atoms with Crippen LogP contribution in [0.3, 0.4) is 0 Å². The van der Waals surface area contributed by atoms with Crippen LogP contribution in [0.25, 0.3) is 32.9 Å². The molecule has 5 nitrogen and oxygen atoms in total. The number of carboxylic acids is 1. The maximum atomic E-state index is 12.8. The Balaban J connectivity index is 1.65. The molecule has 0 aliphatic rings. The fourth-order valence-corrected chi connectivity index (χ4v) is 5.06. The molecule has 0 aliphatic carbocycles. The van der Waals surface area contributed by atoms with Crippen LogP contribution in [0.1, 0.15) is 37.4 Å². The van der Waals surface area contributed by atoms with Gasteiger partial charge in [0.25, 0.3) is 0 Å². The van der Waals surface area contributed by atoms with E-state index in [1.165, 1.54) is 0 Å². The number of aromatic nitrogens is 1. The molecule has 5 rings (SSSR count). The molecule has 5 aromatic rings. The topological polar surface area (TPSA) is 70.3 Å². The van der Waals surface area contributed by atoms with Crippen LogP contribution in [-0.2, 0) is 18.4 Å². The Labute approximate surface area is 209 Å². The van der Waals surface area contributed by atoms with Crippen LogP contribution < -0.4 is 9.67 Å². The highest BCUT2D eigenvalue weighted by atomic mass is 16.5. The second kappa shape index (κ2) is 9.27. The molecule has 0 radical (unpaired) electrons. The normalized spacial score (nSPS) is 11.1. The Bertz CT molecular complexity index is 1630. The van der Waals surface area contributed by atoms with Gasteiger partial charge in [-0.15, -0.1) is 0 Å². The molecular formula is C31H25NO4. The lowest BCUT2D eigenvalue weighted by Gasteiger charge is -2.18. The van der Waals surface area contributed by atoms with E-state index < -0.39 is 11.9 Å². The lowest BCUT2D eigenvalue weighted by Crippen LogP contribution is -2.33. The fourth-order valence-electron chi connectivity index (χ4n) is 5.06. The monoisotopic (exact) mass is 475 g/mol. The average Bonchev–Trinajstić information content (AvgIpc) is 2.88. The van der Waals surface area contributed by atoms with Crippen molar-refractivity contribution < 1.29 is 24.0 Å². The third-order valence-corrected chi connectivity index (χ3v) is 6.64. The molecule has 0 fully saturated rings. The van der Waals surface area contributed by atoms with Crippen LogP contribution in [0.2, 0.25) is 0 Å². The van der Waals surface area contributed by atoms with Crippen LogP contribution in [0.4, 0.5) is 0 Å². The summed E-state index contributed by atoms with van der Waals surface area (Å²) in [6.07, 6.45) is 0. The third kappa shape index (κ3) is 3.99. The number of esters is 1. The first kappa shape index (κ1) is 23.2. The Kier molecular flexibility index (Phi) is 5.98. The zero-order valence-corrected chi connectivity index (χ0v) is 20.4. The van der Waals surface area contributed by atoms with Crippen molar-refractivity contribution in [3.8, 4) is 11.1 Å². The first-order valence-corrected chi connectivity index (χ1v) is 11.7. The molecule has 36 heavy (non-hydrogen) atoms. The molecule has 0 bridgehead atoms. The number of rotatable bonds is 5. The van der Waals surface area contributed by atoms with Gasteiger partial charge in [-0.2, -0.15) is 4.57 Å². The molecule has 1 heterocycles. The van der Waals surface area contributed by atoms with Gasteiger partial charge in [-0.1, -0.05) is 54.6 Å². The summed E-state index contributed by atoms with van der Waals surface area (Å²) >= 11 is 0. The van der Waals surface area contributed by atoms with Crippen molar-refractivity contribution in [2.24, 2.45) is 7.05 Å². The second-order valence-corrected chi connectivity index (χ2v) is 8.99. The van der Waals surface area contributed by atoms with E-state index in [2.05, 4.69) is 0 Å². The maximum Gasteiger partial charge on any atom is 0.338 e. The van der Waals surface area contributed by atoms with Gasteiger partial charge in [-0.3, -0.25) is 0 Å². The van der Waals surface area contributed by atoms with Crippen molar-refractivity contribution in [2.75, 3.05) is 0 Å². The number of carbonyl (C=O) groups excluding carboxylic acids is 2. The summed E-state index contributed by atoms with van der Waals surface area (Å²) in [6.45, 7) is 4.05. The summed E-state index contributed by atoms with van der Waals surface area (Å²) < 4.78 is 7.53. The summed E-state index contributed by atoms with van der Waals surface area (Å²) in [4.78, 5) is 25.2. The zero-order valence-electron chi connectivity index (χ0n) is 20.4. The van der Waals surface area contributed by atoms with Crippen LogP contribution in [0.15, 0.2) is 84.9 Å². The molecule has 0 unspecified atom stereocenters. The minimum Gasteiger partial charge on any atom is -0.545 e. The van der Waals surface area contributed by atoms with Crippen molar-refractivity contribution in [1.82, 2.24) is 0 Å². The first-order chi connectivity index (χ1) is 17.4. The van der Waals surface area contributed by atoms with E-state index in [9.17, 15) is 14.7 Å². The van der Waals surface area contributed by atoms with Crippen molar-refractivity contribution in [2.45, 2.75) is 20.5 Å². The Morgan fingerprint density at radius 3 is 2.17 bits per heavy atom. The highest BCUT2D eigenvalue weighted by Gasteiger charge is 2.23. The van der Waals surface area contributed by atoms with E-state index in [4.69, 9.17) is 4.74 Å². The zero-order chi connectivity index (χ0) is 25.4. The highest BCUT2D eigenvalue weighted by Crippen LogP contribution is 2.37. The maximum absolute atomic E-state index is 12.8. The number of hydrogen-bond donors (Lipinski definition) is 0. The molecule has 0 amide bonds. The average molecular weight is 476 g/mol. The van der Waals surface area contributed by atoms with Gasteiger partial charge in [0.1, 0.15) is 13.7 Å². The Morgan fingerprint density at radius 2 is 1.47 bits per heavy atom. The molecule has 0 spiro atoms. The van der Waals surface area contributed by atoms with Crippen LogP contribution in [0.5, 0.6) is 0 Å². The van der Waals surface area contributed by atoms with E-state index in [1.54, 1.807) is 12.1 Å². The van der Waals surface area contributed by atoms with Gasteiger partial charge in [0.05, 0.1) is 22.3 Å². The van der Waals surface area contributed by atoms with E-state index in [0.717, 1.165) is 38.9 Å². The molecule has 178 valence electrons. The van der Waals surface area contributed by atoms with Gasteiger partial charge in [0.15, 0.2) is 0 Å². The fraction of sp³-hybridized carbons (Fsp3) is 0.129. The number of aryl methyl sites for hydroxylation is 3. The van der Waals surface area contributed by atoms with Gasteiger partial charge in [0, 0.05) is 17.7 Å². The summed E-state index contributed by atoms with van der Waals surface area (Å²) in [5.41, 5.74) is 6.53. The van der Waals surface area contributed by atoms with Crippen molar-refractivity contribution >= 4 is 33.7 Å². The largest absolute Gasteiger partial charge is 0.545 e. The van der Waals surface area contributed by atoms with E-state index >= 15 is 0 Å². The number of hydrogen-bond acceptors (Lipinski definition) is 4. The van der Waals surface area contributed by atoms with Crippen molar-refractivity contribution in [3.05, 3.63) is 113 Å². The minimum absolute atomic E-state index is 0.166. The van der Waals surface area contributed by atoms with Gasteiger partial charge in [-0.25, -0.2) is 4.79 Å². The van der Waals surface area contributed by atoms with Crippen LogP contribution in [0, 0.1) is 13.8 Å². The van der Waals surface area contributed by atoms with E-state index in [0.29, 0.717) is 16.3 Å². The van der Waals surface area contributed by atoms with Gasteiger partial charge >= 0.3 is 5.97 Å². The number of aromatic carboxylic acids is 1. The molecule has 0 saturated carbocycles. The predicted molar refractivity (Wildman–Crippen MR) is 137 cm³/mol. The number of nitrogens with zero attached hydrogens (tertiary/aromatic N) is 1. The Morgan fingerprint density at radius 1 is 0.833 bits per heavy atom. The van der Waals surface area contributed by atoms with Gasteiger partial charge < -0.3 is 14.6 Å². The molecule has 0 atom stereocenters. The minimum atomic E-state index is -1.22. The van der Waals surface area contributed by atoms with E-state index in [1.807, 2.05) is 98.3 Å². The molecule has 4 aromatic carbocycles. The number of benzene rings is 4. The molecular weight excluding hydrogens is 450 g/mol. The SMILES string of the molecule is Cc1cc(C(=O)OCc2ccccc2)cc(C)c1-c1cccc2c1c(C(=O)[O-])c1ccccc1[n+]2C. The summed E-state index contributed by atoms with van der Waals surface area (Å²) in [5.74, 6) is -1.62. The summed E-state index contributed by atoms with van der Waals surface area (Å²) in [5, 5.41) is 13.7. The van der Waals surface area contributed by atoms with Gasteiger partial charge in [-0.05, 0) is 59.9 Å². The number of ether oxygens (including phenoxy) is 1. The Hall–Kier alpha value is -4.51. The standard InChI is InChI=1S/C31H25NO4/c1-19-16-22(31(35)36-18-21-10-5-4-6-11-21)17-20(2)27(19)24-13-9-15-26-28(24)29(30(33)34)23-12-7-8-14-25(23)32(26)3/h4-17H,18H2,1-3H3. The smallest absolute Gasteiger partial charge is 0.338 e. The lowest BCUT2D eigenvalue weighted by atomic mass is 9.88. The number of fused-ring (bicyclic) bond motifs is 2. The first-order valence-electron chi connectivity index (χ1n) is 11.7. The summed E-state index contributed by atoms with van der Waals surface area (Å²) in [7, 11) is 1.93. The van der Waals surface area contributed by atoms with Crippen LogP contribution in [-0.4, -0.2) is 11.9 Å². The molecule has 0 N–H and O–H groups in total. The summed E-state index contributed by atoms with van der Waals surface area (Å²) in [6, 6.07) is 26.3. The number of carboxylic acid groups (broad SMARTS) is 1. The molecule has 1 aromatic heterocycles. The number of carbonyl (C=O) groups is 2. The molecule has 0 saturated heterocycles. The number of para-hydroxylation sites is 1. The third-order valence-electron chi connectivity index (χ3n) is 6.64. The van der Waals surface area contributed by atoms with Crippen molar-refractivity contribution in [3.63, 3.8) is 0 Å². The quantitative estimate of drug-likeness (QED) is 0.208. The van der Waals surface area contributed by atoms with E-state index in [-0.39, 0.29) is 12.2 Å². The lowest BCUT2D eigenvalue weighted by molar-refractivity contribution is -0.617. The number of pyridine rings is 1. The van der Waals surface area contributed by atoms with Crippen molar-refractivity contribution in [1.29, 1.82) is 0 Å². The molecule has 0 aliphatic heterocycles.